The van der Waals surface area contributed by atoms with E-state index in [9.17, 15) is 24.3 Å². The van der Waals surface area contributed by atoms with E-state index in [-0.39, 0.29) is 34.2 Å². The van der Waals surface area contributed by atoms with E-state index in [0.29, 0.717) is 5.56 Å². The van der Waals surface area contributed by atoms with Gasteiger partial charge in [-0.2, -0.15) is 5.10 Å². The highest BCUT2D eigenvalue weighted by atomic mass is 32.1. The van der Waals surface area contributed by atoms with Crippen molar-refractivity contribution in [2.45, 2.75) is 20.8 Å². The summed E-state index contributed by atoms with van der Waals surface area (Å²) in [6.07, 6.45) is 1.25. The quantitative estimate of drug-likeness (QED) is 0.663. The highest BCUT2D eigenvalue weighted by Gasteiger charge is 2.29. The number of aryl methyl sites for hydroxylation is 1. The number of rotatable bonds is 7. The fourth-order valence-corrected chi connectivity index (χ4v) is 3.51. The molecule has 0 saturated heterocycles. The van der Waals surface area contributed by atoms with Crippen molar-refractivity contribution in [1.29, 1.82) is 0 Å². The van der Waals surface area contributed by atoms with Crippen LogP contribution in [0.5, 0.6) is 0 Å². The van der Waals surface area contributed by atoms with Gasteiger partial charge in [-0.25, -0.2) is 14.4 Å². The van der Waals surface area contributed by atoms with Crippen molar-refractivity contribution >= 4 is 40.2 Å². The summed E-state index contributed by atoms with van der Waals surface area (Å²) in [6, 6.07) is 0. The Kier molecular flexibility index (Phi) is 6.52. The van der Waals surface area contributed by atoms with Crippen LogP contribution in [0, 0.1) is 6.92 Å². The molecule has 2 heterocycles. The Morgan fingerprint density at radius 1 is 1.18 bits per heavy atom. The number of nitrogens with one attached hydrogen (secondary N) is 1. The first-order valence-electron chi connectivity index (χ1n) is 8.27. The lowest BCUT2D eigenvalue weighted by atomic mass is 10.1. The second-order valence-electron chi connectivity index (χ2n) is 5.53. The van der Waals surface area contributed by atoms with Crippen molar-refractivity contribution in [2.75, 3.05) is 18.5 Å². The number of carboxylic acid groups (broad SMARTS) is 1. The number of aromatic carboxylic acids is 1. The van der Waals surface area contributed by atoms with Crippen LogP contribution in [0.3, 0.4) is 0 Å². The van der Waals surface area contributed by atoms with Gasteiger partial charge in [-0.3, -0.25) is 9.48 Å². The molecule has 2 aromatic heterocycles. The number of carbonyl (C=O) groups excluding carboxylic acids is 3. The summed E-state index contributed by atoms with van der Waals surface area (Å²) in [5, 5.41) is 15.5. The van der Waals surface area contributed by atoms with E-state index < -0.39 is 29.5 Å². The molecular weight excluding hydrogens is 390 g/mol. The lowest BCUT2D eigenvalue weighted by Gasteiger charge is -2.06. The molecule has 0 bridgehead atoms. The number of carbonyl (C=O) groups is 4. The zero-order valence-electron chi connectivity index (χ0n) is 15.7. The third-order valence-corrected chi connectivity index (χ3v) is 4.78. The SMILES string of the molecule is CCOC(=O)c1sc(NC(=O)c2cn(C)nc2C(=O)O)c(C(=O)OCC)c1C. The average molecular weight is 409 g/mol. The van der Waals surface area contributed by atoms with E-state index in [0.717, 1.165) is 11.3 Å². The molecule has 0 aromatic carbocycles. The standard InChI is InChI=1S/C17H19N3O7S/c1-5-26-16(24)10-8(3)12(17(25)27-6-2)28-14(10)18-13(21)9-7-20(4)19-11(9)15(22)23/h7H,5-6H2,1-4H3,(H,18,21)(H,22,23). The number of nitrogens with zero attached hydrogens (tertiary/aromatic N) is 2. The number of anilines is 1. The van der Waals surface area contributed by atoms with Gasteiger partial charge < -0.3 is 19.9 Å². The van der Waals surface area contributed by atoms with Gasteiger partial charge in [-0.05, 0) is 26.3 Å². The summed E-state index contributed by atoms with van der Waals surface area (Å²) in [4.78, 5) is 48.5. The molecule has 0 fully saturated rings. The Morgan fingerprint density at radius 3 is 2.36 bits per heavy atom. The summed E-state index contributed by atoms with van der Waals surface area (Å²) in [7, 11) is 1.47. The number of hydrogen-bond donors (Lipinski definition) is 2. The number of hydrogen-bond acceptors (Lipinski definition) is 8. The normalized spacial score (nSPS) is 10.4. The smallest absolute Gasteiger partial charge is 0.357 e. The number of esters is 2. The van der Waals surface area contributed by atoms with Gasteiger partial charge in [0.05, 0.1) is 24.3 Å². The van der Waals surface area contributed by atoms with Gasteiger partial charge in [-0.1, -0.05) is 0 Å². The zero-order chi connectivity index (χ0) is 21.0. The maximum Gasteiger partial charge on any atom is 0.357 e. The average Bonchev–Trinajstić information content (AvgIpc) is 3.16. The minimum absolute atomic E-state index is 0.0176. The minimum atomic E-state index is -1.37. The molecule has 0 saturated carbocycles. The van der Waals surface area contributed by atoms with Gasteiger partial charge in [0.1, 0.15) is 9.88 Å². The van der Waals surface area contributed by atoms with Gasteiger partial charge >= 0.3 is 17.9 Å². The first-order valence-corrected chi connectivity index (χ1v) is 9.08. The van der Waals surface area contributed by atoms with Crippen LogP contribution in [0.1, 0.15) is 60.3 Å². The first kappa shape index (κ1) is 21.1. The molecule has 0 unspecified atom stereocenters. The van der Waals surface area contributed by atoms with E-state index >= 15 is 0 Å². The Hall–Kier alpha value is -3.21. The van der Waals surface area contributed by atoms with Crippen LogP contribution < -0.4 is 5.32 Å². The largest absolute Gasteiger partial charge is 0.476 e. The second-order valence-corrected chi connectivity index (χ2v) is 6.55. The molecule has 0 spiro atoms. The molecule has 0 aliphatic rings. The van der Waals surface area contributed by atoms with Crippen molar-refractivity contribution in [3.8, 4) is 0 Å². The maximum atomic E-state index is 12.6. The van der Waals surface area contributed by atoms with Crippen LogP contribution in [0.15, 0.2) is 6.20 Å². The van der Waals surface area contributed by atoms with Crippen LogP contribution in [0.4, 0.5) is 5.00 Å². The summed E-state index contributed by atoms with van der Waals surface area (Å²) in [6.45, 7) is 5.05. The van der Waals surface area contributed by atoms with Crippen LogP contribution in [-0.2, 0) is 16.5 Å². The fraction of sp³-hybridized carbons (Fsp3) is 0.353. The van der Waals surface area contributed by atoms with Gasteiger partial charge in [0.2, 0.25) is 0 Å². The minimum Gasteiger partial charge on any atom is -0.476 e. The van der Waals surface area contributed by atoms with Crippen molar-refractivity contribution in [2.24, 2.45) is 7.05 Å². The van der Waals surface area contributed by atoms with Crippen LogP contribution in [-0.4, -0.2) is 51.9 Å². The van der Waals surface area contributed by atoms with Crippen molar-refractivity contribution < 1.29 is 33.8 Å². The molecule has 0 radical (unpaired) electrons. The maximum absolute atomic E-state index is 12.6. The molecule has 2 N–H and O–H groups in total. The van der Waals surface area contributed by atoms with Crippen LogP contribution in [0.2, 0.25) is 0 Å². The third-order valence-electron chi connectivity index (χ3n) is 3.59. The second kappa shape index (κ2) is 8.65. The molecular formula is C17H19N3O7S. The summed E-state index contributed by atoms with van der Waals surface area (Å²) < 4.78 is 11.2. The monoisotopic (exact) mass is 409 g/mol. The lowest BCUT2D eigenvalue weighted by molar-refractivity contribution is 0.0526. The van der Waals surface area contributed by atoms with Crippen LogP contribution >= 0.6 is 11.3 Å². The molecule has 0 aliphatic heterocycles. The molecule has 10 nitrogen and oxygen atoms in total. The predicted molar refractivity (Wildman–Crippen MR) is 99.1 cm³/mol. The molecule has 28 heavy (non-hydrogen) atoms. The zero-order valence-corrected chi connectivity index (χ0v) is 16.5. The van der Waals surface area contributed by atoms with E-state index in [1.807, 2.05) is 0 Å². The first-order chi connectivity index (χ1) is 13.2. The van der Waals surface area contributed by atoms with Gasteiger partial charge in [0.15, 0.2) is 5.69 Å². The highest BCUT2D eigenvalue weighted by Crippen LogP contribution is 2.34. The highest BCUT2D eigenvalue weighted by molar-refractivity contribution is 7.18. The molecule has 0 atom stereocenters. The predicted octanol–water partition coefficient (Wildman–Crippen LogP) is 2.09. The Balaban J connectivity index is 2.47. The number of thiophene rings is 1. The third kappa shape index (κ3) is 4.19. The number of amides is 1. The topological polar surface area (TPSA) is 137 Å². The van der Waals surface area contributed by atoms with Crippen LogP contribution in [0.25, 0.3) is 0 Å². The van der Waals surface area contributed by atoms with Crippen molar-refractivity contribution in [3.63, 3.8) is 0 Å². The van der Waals surface area contributed by atoms with E-state index in [1.54, 1.807) is 13.8 Å². The van der Waals surface area contributed by atoms with E-state index in [2.05, 4.69) is 10.4 Å². The Labute approximate surface area is 164 Å². The van der Waals surface area contributed by atoms with E-state index in [4.69, 9.17) is 9.47 Å². The van der Waals surface area contributed by atoms with Gasteiger partial charge in [-0.15, -0.1) is 11.3 Å². The fourth-order valence-electron chi connectivity index (χ4n) is 2.42. The van der Waals surface area contributed by atoms with Crippen molar-refractivity contribution in [1.82, 2.24) is 9.78 Å². The molecule has 0 aliphatic carbocycles. The Morgan fingerprint density at radius 2 is 1.79 bits per heavy atom. The van der Waals surface area contributed by atoms with Gasteiger partial charge in [0, 0.05) is 13.2 Å². The molecule has 150 valence electrons. The number of ether oxygens (including phenoxy) is 2. The summed E-state index contributed by atoms with van der Waals surface area (Å²) in [5.74, 6) is -3.51. The van der Waals surface area contributed by atoms with Crippen molar-refractivity contribution in [3.05, 3.63) is 33.5 Å². The summed E-state index contributed by atoms with van der Waals surface area (Å²) >= 11 is 0.850. The van der Waals surface area contributed by atoms with E-state index in [1.165, 1.54) is 24.9 Å². The molecule has 2 rings (SSSR count). The number of carboxylic acids is 1. The molecule has 1 amide bonds. The molecule has 2 aromatic rings. The lowest BCUT2D eigenvalue weighted by Crippen LogP contribution is -2.17. The Bertz CT molecular complexity index is 945. The van der Waals surface area contributed by atoms with Gasteiger partial charge in [0.25, 0.3) is 5.91 Å². The molecule has 11 heteroatoms. The number of aromatic nitrogens is 2. The summed E-state index contributed by atoms with van der Waals surface area (Å²) in [5.41, 5.74) is -0.295.